The maximum atomic E-state index is 11.5. The number of nitrogen functional groups attached to an aromatic ring is 1. The van der Waals surface area contributed by atoms with Crippen LogP contribution in [-0.4, -0.2) is 54.2 Å². The number of halogens is 1. The highest BCUT2D eigenvalue weighted by Gasteiger charge is 2.30. The third-order valence-electron chi connectivity index (χ3n) is 6.98. The predicted molar refractivity (Wildman–Crippen MR) is 141 cm³/mol. The van der Waals surface area contributed by atoms with Gasteiger partial charge in [-0.05, 0) is 47.2 Å². The van der Waals surface area contributed by atoms with E-state index < -0.39 is 6.10 Å². The summed E-state index contributed by atoms with van der Waals surface area (Å²) in [4.78, 5) is 4.96. The van der Waals surface area contributed by atoms with Crippen molar-refractivity contribution >= 4 is 28.1 Å². The second-order valence-electron chi connectivity index (χ2n) is 9.27. The molecule has 0 aliphatic carbocycles. The first-order valence-corrected chi connectivity index (χ1v) is 12.6. The molecule has 0 spiro atoms. The molecule has 5 nitrogen and oxygen atoms in total. The molecular formula is C28H36ClN3O2. The summed E-state index contributed by atoms with van der Waals surface area (Å²) in [6.07, 6.45) is 2.66. The average Bonchev–Trinajstić information content (AvgIpc) is 2.86. The van der Waals surface area contributed by atoms with Gasteiger partial charge in [-0.15, -0.1) is 0 Å². The Morgan fingerprint density at radius 3 is 2.44 bits per heavy atom. The molecule has 34 heavy (non-hydrogen) atoms. The number of fused-ring (bicyclic) bond motifs is 1. The lowest BCUT2D eigenvalue weighted by Crippen LogP contribution is -2.51. The Hall–Kier alpha value is -2.31. The predicted octanol–water partition coefficient (Wildman–Crippen LogP) is 5.49. The molecule has 1 heterocycles. The number of nitrogens with two attached hydrogens (primary N) is 1. The summed E-state index contributed by atoms with van der Waals surface area (Å²) in [6.45, 7) is 7.04. The zero-order valence-corrected chi connectivity index (χ0v) is 21.0. The molecular weight excluding hydrogens is 446 g/mol. The summed E-state index contributed by atoms with van der Waals surface area (Å²) in [5.74, 6) is 0.667. The van der Waals surface area contributed by atoms with E-state index in [0.29, 0.717) is 10.8 Å². The fourth-order valence-electron chi connectivity index (χ4n) is 4.94. The molecule has 0 amide bonds. The highest BCUT2D eigenvalue weighted by Crippen LogP contribution is 2.35. The molecule has 3 aromatic rings. The molecule has 0 aromatic heterocycles. The first-order valence-electron chi connectivity index (χ1n) is 12.2. The van der Waals surface area contributed by atoms with Crippen molar-refractivity contribution in [3.05, 3.63) is 70.7 Å². The molecule has 182 valence electrons. The Bertz CT molecular complexity index is 1080. The molecule has 1 fully saturated rings. The number of anilines is 1. The second kappa shape index (κ2) is 11.4. The van der Waals surface area contributed by atoms with Crippen LogP contribution in [0.5, 0.6) is 5.75 Å². The normalized spacial score (nSPS) is 17.1. The average molecular weight is 482 g/mol. The van der Waals surface area contributed by atoms with E-state index in [1.807, 2.05) is 36.4 Å². The first-order chi connectivity index (χ1) is 16.5. The van der Waals surface area contributed by atoms with Gasteiger partial charge < -0.3 is 15.6 Å². The number of rotatable bonds is 9. The van der Waals surface area contributed by atoms with Crippen LogP contribution >= 0.6 is 11.6 Å². The van der Waals surface area contributed by atoms with Crippen molar-refractivity contribution in [1.29, 1.82) is 0 Å². The topological polar surface area (TPSA) is 62.0 Å². The van der Waals surface area contributed by atoms with Gasteiger partial charge in [-0.25, -0.2) is 0 Å². The van der Waals surface area contributed by atoms with Crippen LogP contribution in [-0.2, 0) is 6.54 Å². The summed E-state index contributed by atoms with van der Waals surface area (Å²) < 4.78 is 5.35. The van der Waals surface area contributed by atoms with E-state index in [9.17, 15) is 5.11 Å². The summed E-state index contributed by atoms with van der Waals surface area (Å²) in [5, 5.41) is 14.1. The van der Waals surface area contributed by atoms with Crippen LogP contribution in [0.4, 0.5) is 5.69 Å². The molecule has 4 rings (SSSR count). The van der Waals surface area contributed by atoms with Crippen molar-refractivity contribution in [2.24, 2.45) is 0 Å². The molecule has 3 N–H and O–H groups in total. The van der Waals surface area contributed by atoms with Gasteiger partial charge in [0.15, 0.2) is 0 Å². The number of hydrogen-bond donors (Lipinski definition) is 2. The molecule has 1 aliphatic rings. The molecule has 0 unspecified atom stereocenters. The fraction of sp³-hybridized carbons (Fsp3) is 0.429. The lowest BCUT2D eigenvalue weighted by atomic mass is 9.94. The zero-order valence-electron chi connectivity index (χ0n) is 20.2. The van der Waals surface area contributed by atoms with Gasteiger partial charge in [0.1, 0.15) is 5.75 Å². The smallest absolute Gasteiger partial charge is 0.138 e. The third-order valence-corrected chi connectivity index (χ3v) is 7.37. The van der Waals surface area contributed by atoms with Crippen LogP contribution in [0.1, 0.15) is 43.4 Å². The number of benzene rings is 3. The monoisotopic (exact) mass is 481 g/mol. The Kier molecular flexibility index (Phi) is 8.32. The van der Waals surface area contributed by atoms with Gasteiger partial charge in [0, 0.05) is 49.8 Å². The number of hydrogen-bond acceptors (Lipinski definition) is 5. The van der Waals surface area contributed by atoms with Crippen molar-refractivity contribution in [2.45, 2.75) is 44.9 Å². The number of piperazine rings is 1. The SMILES string of the molecule is CCCC[C@@H]([C@H](O)c1ccc2c(Cl)c(OC)ccc2c1)N1CCN(Cc2ccc(N)cc2)CC1. The minimum atomic E-state index is -0.541. The van der Waals surface area contributed by atoms with E-state index in [1.54, 1.807) is 7.11 Å². The number of aliphatic hydroxyl groups excluding tert-OH is 1. The van der Waals surface area contributed by atoms with Crippen LogP contribution in [0.2, 0.25) is 5.02 Å². The van der Waals surface area contributed by atoms with E-state index >= 15 is 0 Å². The molecule has 0 bridgehead atoms. The highest BCUT2D eigenvalue weighted by molar-refractivity contribution is 6.37. The molecule has 0 radical (unpaired) electrons. The number of nitrogens with zero attached hydrogens (tertiary/aromatic N) is 2. The number of ether oxygens (including phenoxy) is 1. The third kappa shape index (κ3) is 5.66. The van der Waals surface area contributed by atoms with Crippen LogP contribution in [0.3, 0.4) is 0 Å². The summed E-state index contributed by atoms with van der Waals surface area (Å²) in [6, 6.07) is 18.2. The lowest BCUT2D eigenvalue weighted by molar-refractivity contribution is 0.0113. The molecule has 2 atom stereocenters. The zero-order chi connectivity index (χ0) is 24.1. The summed E-state index contributed by atoms with van der Waals surface area (Å²) in [7, 11) is 1.62. The second-order valence-corrected chi connectivity index (χ2v) is 9.65. The van der Waals surface area contributed by atoms with Gasteiger partial charge >= 0.3 is 0 Å². The van der Waals surface area contributed by atoms with Crippen molar-refractivity contribution in [3.8, 4) is 5.75 Å². The standard InChI is InChI=1S/C28H36ClN3O2/c1-3-4-5-25(32-16-14-31(15-17-32)19-20-6-10-23(30)11-7-20)28(33)22-8-12-24-21(18-22)9-13-26(34-2)27(24)29/h6-13,18,25,28,33H,3-5,14-17,19,30H2,1-2H3/t25-,28+/m0/s1. The van der Waals surface area contributed by atoms with E-state index in [4.69, 9.17) is 22.1 Å². The number of unbranched alkanes of at least 4 members (excludes halogenated alkanes) is 1. The van der Waals surface area contributed by atoms with Crippen LogP contribution in [0, 0.1) is 0 Å². The van der Waals surface area contributed by atoms with Gasteiger partial charge in [-0.2, -0.15) is 0 Å². The maximum absolute atomic E-state index is 11.5. The Balaban J connectivity index is 1.46. The first kappa shape index (κ1) is 24.8. The number of methoxy groups -OCH3 is 1. The van der Waals surface area contributed by atoms with Gasteiger partial charge in [0.25, 0.3) is 0 Å². The maximum Gasteiger partial charge on any atom is 0.138 e. The van der Waals surface area contributed by atoms with Crippen molar-refractivity contribution in [1.82, 2.24) is 9.80 Å². The van der Waals surface area contributed by atoms with Gasteiger partial charge in [-0.1, -0.05) is 61.7 Å². The van der Waals surface area contributed by atoms with Crippen LogP contribution in [0.25, 0.3) is 10.8 Å². The van der Waals surface area contributed by atoms with Gasteiger partial charge in [0.2, 0.25) is 0 Å². The fourth-order valence-corrected chi connectivity index (χ4v) is 5.25. The Morgan fingerprint density at radius 2 is 1.76 bits per heavy atom. The Morgan fingerprint density at radius 1 is 1.03 bits per heavy atom. The van der Waals surface area contributed by atoms with E-state index in [1.165, 1.54) is 5.56 Å². The molecule has 3 aromatic carbocycles. The molecule has 6 heteroatoms. The molecule has 1 saturated heterocycles. The van der Waals surface area contributed by atoms with Crippen LogP contribution < -0.4 is 10.5 Å². The van der Waals surface area contributed by atoms with Crippen molar-refractivity contribution < 1.29 is 9.84 Å². The van der Waals surface area contributed by atoms with Crippen molar-refractivity contribution in [3.63, 3.8) is 0 Å². The highest BCUT2D eigenvalue weighted by atomic mass is 35.5. The quantitative estimate of drug-likeness (QED) is 0.395. The Labute approximate surface area is 208 Å². The summed E-state index contributed by atoms with van der Waals surface area (Å²) >= 11 is 6.50. The molecule has 1 aliphatic heterocycles. The largest absolute Gasteiger partial charge is 0.495 e. The minimum absolute atomic E-state index is 0.102. The van der Waals surface area contributed by atoms with Crippen LogP contribution in [0.15, 0.2) is 54.6 Å². The van der Waals surface area contributed by atoms with Crippen molar-refractivity contribution in [2.75, 3.05) is 39.0 Å². The van der Waals surface area contributed by atoms with Gasteiger partial charge in [0.05, 0.1) is 18.2 Å². The van der Waals surface area contributed by atoms with E-state index in [-0.39, 0.29) is 6.04 Å². The molecule has 0 saturated carbocycles. The van der Waals surface area contributed by atoms with E-state index in [2.05, 4.69) is 34.9 Å². The lowest BCUT2D eigenvalue weighted by Gasteiger charge is -2.41. The van der Waals surface area contributed by atoms with E-state index in [0.717, 1.165) is 74.0 Å². The van der Waals surface area contributed by atoms with Gasteiger partial charge in [-0.3, -0.25) is 9.80 Å². The minimum Gasteiger partial charge on any atom is -0.495 e. The summed E-state index contributed by atoms with van der Waals surface area (Å²) in [5.41, 5.74) is 8.86. The number of aliphatic hydroxyl groups is 1.